The second-order valence-electron chi connectivity index (χ2n) is 8.85. The number of hydrogen-bond donors (Lipinski definition) is 1. The van der Waals surface area contributed by atoms with Gasteiger partial charge in [-0.05, 0) is 68.4 Å². The molecule has 31 heavy (non-hydrogen) atoms. The number of benzene rings is 2. The molecule has 2 saturated heterocycles. The first-order valence-corrected chi connectivity index (χ1v) is 11.7. The molecule has 5 nitrogen and oxygen atoms in total. The normalized spacial score (nSPS) is 18.8. The first kappa shape index (κ1) is 22.1. The lowest BCUT2D eigenvalue weighted by Crippen LogP contribution is -2.44. The fraction of sp³-hybridized carbons (Fsp3) is 0.480. The van der Waals surface area contributed by atoms with Crippen LogP contribution in [0.4, 0.5) is 5.69 Å². The summed E-state index contributed by atoms with van der Waals surface area (Å²) in [5.41, 5.74) is 3.70. The molecular weight excluding hydrogens is 408 g/mol. The molecule has 0 atom stereocenters. The zero-order chi connectivity index (χ0) is 21.6. The molecule has 1 N–H and O–H groups in total. The molecule has 4 rings (SSSR count). The molecule has 0 radical (unpaired) electrons. The van der Waals surface area contributed by atoms with E-state index in [1.54, 1.807) is 0 Å². The molecule has 0 spiro atoms. The Kier molecular flexibility index (Phi) is 7.49. The third-order valence-corrected chi connectivity index (χ3v) is 6.80. The highest BCUT2D eigenvalue weighted by Crippen LogP contribution is 2.21. The minimum absolute atomic E-state index is 0.117. The van der Waals surface area contributed by atoms with Gasteiger partial charge in [0.25, 0.3) is 0 Å². The molecular formula is C25H33ClN4O. The lowest BCUT2D eigenvalue weighted by molar-refractivity contribution is -0.126. The summed E-state index contributed by atoms with van der Waals surface area (Å²) in [7, 11) is 2.17. The van der Waals surface area contributed by atoms with Crippen molar-refractivity contribution in [2.24, 2.45) is 5.92 Å². The summed E-state index contributed by atoms with van der Waals surface area (Å²) < 4.78 is 0. The standard InChI is InChI=1S/C25H33ClN4O/c1-28-14-16-30(17-15-28)24-8-4-20(5-9-24)18-27-25(31)22-10-12-29(13-11-22)19-21-2-6-23(26)7-3-21/h2-9,22H,10-19H2,1H3,(H,27,31). The molecule has 0 unspecified atom stereocenters. The van der Waals surface area contributed by atoms with Gasteiger partial charge in [0.05, 0.1) is 0 Å². The number of halogens is 1. The van der Waals surface area contributed by atoms with Crippen LogP contribution in [0.1, 0.15) is 24.0 Å². The van der Waals surface area contributed by atoms with Gasteiger partial charge in [-0.3, -0.25) is 9.69 Å². The van der Waals surface area contributed by atoms with E-state index < -0.39 is 0 Å². The predicted octanol–water partition coefficient (Wildman–Crippen LogP) is 3.62. The smallest absolute Gasteiger partial charge is 0.223 e. The number of piperazine rings is 1. The molecule has 0 bridgehead atoms. The van der Waals surface area contributed by atoms with Crippen molar-refractivity contribution in [3.63, 3.8) is 0 Å². The van der Waals surface area contributed by atoms with Crippen molar-refractivity contribution < 1.29 is 4.79 Å². The van der Waals surface area contributed by atoms with Crippen LogP contribution >= 0.6 is 11.6 Å². The maximum absolute atomic E-state index is 12.7. The van der Waals surface area contributed by atoms with Crippen molar-refractivity contribution in [2.75, 3.05) is 51.2 Å². The van der Waals surface area contributed by atoms with Crippen molar-refractivity contribution in [1.29, 1.82) is 0 Å². The van der Waals surface area contributed by atoms with E-state index in [1.807, 2.05) is 12.1 Å². The zero-order valence-corrected chi connectivity index (χ0v) is 19.2. The van der Waals surface area contributed by atoms with E-state index in [0.29, 0.717) is 6.54 Å². The maximum atomic E-state index is 12.7. The summed E-state index contributed by atoms with van der Waals surface area (Å²) in [5.74, 6) is 0.306. The molecule has 2 aliphatic heterocycles. The summed E-state index contributed by atoms with van der Waals surface area (Å²) >= 11 is 5.97. The van der Waals surface area contributed by atoms with Crippen molar-refractivity contribution in [3.8, 4) is 0 Å². The fourth-order valence-electron chi connectivity index (χ4n) is 4.42. The Labute approximate surface area is 191 Å². The van der Waals surface area contributed by atoms with Crippen LogP contribution in [0.15, 0.2) is 48.5 Å². The molecule has 0 saturated carbocycles. The number of piperidine rings is 1. The molecule has 6 heteroatoms. The average Bonchev–Trinajstić information content (AvgIpc) is 2.80. The number of likely N-dealkylation sites (N-methyl/N-ethyl adjacent to an activating group) is 1. The molecule has 2 heterocycles. The van der Waals surface area contributed by atoms with E-state index in [2.05, 4.69) is 63.5 Å². The lowest BCUT2D eigenvalue weighted by Gasteiger charge is -2.34. The molecule has 2 aromatic rings. The third kappa shape index (κ3) is 6.22. The Balaban J connectivity index is 1.19. The van der Waals surface area contributed by atoms with Crippen molar-refractivity contribution in [2.45, 2.75) is 25.9 Å². The van der Waals surface area contributed by atoms with E-state index >= 15 is 0 Å². The van der Waals surface area contributed by atoms with Gasteiger partial charge in [0.1, 0.15) is 0 Å². The van der Waals surface area contributed by atoms with Crippen molar-refractivity contribution in [3.05, 3.63) is 64.7 Å². The van der Waals surface area contributed by atoms with Crippen LogP contribution in [0.25, 0.3) is 0 Å². The second-order valence-corrected chi connectivity index (χ2v) is 9.29. The van der Waals surface area contributed by atoms with Crippen LogP contribution < -0.4 is 10.2 Å². The van der Waals surface area contributed by atoms with E-state index in [0.717, 1.165) is 69.2 Å². The monoisotopic (exact) mass is 440 g/mol. The van der Waals surface area contributed by atoms with Gasteiger partial charge in [0.2, 0.25) is 5.91 Å². The van der Waals surface area contributed by atoms with Gasteiger partial charge in [-0.2, -0.15) is 0 Å². The molecule has 2 aliphatic rings. The van der Waals surface area contributed by atoms with Crippen molar-refractivity contribution in [1.82, 2.24) is 15.1 Å². The number of nitrogens with zero attached hydrogens (tertiary/aromatic N) is 3. The highest BCUT2D eigenvalue weighted by atomic mass is 35.5. The SMILES string of the molecule is CN1CCN(c2ccc(CNC(=O)C3CCN(Cc4ccc(Cl)cc4)CC3)cc2)CC1. The molecule has 2 fully saturated rings. The minimum atomic E-state index is 0.117. The summed E-state index contributed by atoms with van der Waals surface area (Å²) in [6.45, 7) is 7.80. The van der Waals surface area contributed by atoms with Crippen LogP contribution in [-0.4, -0.2) is 62.0 Å². The summed E-state index contributed by atoms with van der Waals surface area (Å²) in [6.07, 6.45) is 1.84. The second kappa shape index (κ2) is 10.5. The predicted molar refractivity (Wildman–Crippen MR) is 127 cm³/mol. The van der Waals surface area contributed by atoms with Crippen LogP contribution in [0, 0.1) is 5.92 Å². The Bertz CT molecular complexity index is 839. The van der Waals surface area contributed by atoms with E-state index in [1.165, 1.54) is 11.3 Å². The Hall–Kier alpha value is -2.08. The number of likely N-dealkylation sites (tertiary alicyclic amines) is 1. The Morgan fingerprint density at radius 2 is 1.52 bits per heavy atom. The summed E-state index contributed by atoms with van der Waals surface area (Å²) in [5, 5.41) is 3.92. The van der Waals surface area contributed by atoms with Crippen LogP contribution in [0.3, 0.4) is 0 Å². The van der Waals surface area contributed by atoms with Crippen molar-refractivity contribution >= 4 is 23.2 Å². The molecule has 2 aromatic carbocycles. The van der Waals surface area contributed by atoms with Gasteiger partial charge < -0.3 is 15.1 Å². The molecule has 166 valence electrons. The number of amides is 1. The number of nitrogens with one attached hydrogen (secondary N) is 1. The quantitative estimate of drug-likeness (QED) is 0.744. The number of anilines is 1. The lowest BCUT2D eigenvalue weighted by atomic mass is 9.95. The summed E-state index contributed by atoms with van der Waals surface area (Å²) in [6, 6.07) is 16.7. The van der Waals surface area contributed by atoms with Gasteiger partial charge >= 0.3 is 0 Å². The summed E-state index contributed by atoms with van der Waals surface area (Å²) in [4.78, 5) is 19.9. The van der Waals surface area contributed by atoms with Gasteiger partial charge in [-0.15, -0.1) is 0 Å². The van der Waals surface area contributed by atoms with Gasteiger partial charge in [-0.25, -0.2) is 0 Å². The third-order valence-electron chi connectivity index (χ3n) is 6.55. The largest absolute Gasteiger partial charge is 0.369 e. The van der Waals surface area contributed by atoms with E-state index in [4.69, 9.17) is 11.6 Å². The fourth-order valence-corrected chi connectivity index (χ4v) is 4.55. The molecule has 1 amide bonds. The van der Waals surface area contributed by atoms with Crippen LogP contribution in [-0.2, 0) is 17.9 Å². The van der Waals surface area contributed by atoms with E-state index in [9.17, 15) is 4.79 Å². The maximum Gasteiger partial charge on any atom is 0.223 e. The average molecular weight is 441 g/mol. The van der Waals surface area contributed by atoms with Gasteiger partial charge in [0.15, 0.2) is 0 Å². The Morgan fingerprint density at radius 1 is 0.903 bits per heavy atom. The topological polar surface area (TPSA) is 38.8 Å². The minimum Gasteiger partial charge on any atom is -0.369 e. The highest BCUT2D eigenvalue weighted by molar-refractivity contribution is 6.30. The Morgan fingerprint density at radius 3 is 2.16 bits per heavy atom. The number of rotatable bonds is 6. The van der Waals surface area contributed by atoms with Gasteiger partial charge in [0, 0.05) is 55.9 Å². The van der Waals surface area contributed by atoms with Crippen LogP contribution in [0.5, 0.6) is 0 Å². The first-order valence-electron chi connectivity index (χ1n) is 11.3. The number of carbonyl (C=O) groups is 1. The number of carbonyl (C=O) groups excluding carboxylic acids is 1. The molecule has 0 aromatic heterocycles. The van der Waals surface area contributed by atoms with E-state index in [-0.39, 0.29) is 11.8 Å². The highest BCUT2D eigenvalue weighted by Gasteiger charge is 2.24. The number of hydrogen-bond acceptors (Lipinski definition) is 4. The van der Waals surface area contributed by atoms with Crippen LogP contribution in [0.2, 0.25) is 5.02 Å². The molecule has 0 aliphatic carbocycles. The van der Waals surface area contributed by atoms with Gasteiger partial charge in [-0.1, -0.05) is 35.9 Å². The zero-order valence-electron chi connectivity index (χ0n) is 18.4. The first-order chi connectivity index (χ1) is 15.1.